The van der Waals surface area contributed by atoms with Crippen molar-refractivity contribution < 1.29 is 9.53 Å². The summed E-state index contributed by atoms with van der Waals surface area (Å²) >= 11 is 5.90. The van der Waals surface area contributed by atoms with Gasteiger partial charge in [-0.2, -0.15) is 0 Å². The number of hydrogen-bond acceptors (Lipinski definition) is 3. The van der Waals surface area contributed by atoms with Gasteiger partial charge in [0.2, 0.25) is 0 Å². The van der Waals surface area contributed by atoms with Crippen LogP contribution in [0.4, 0.5) is 5.69 Å². The zero-order chi connectivity index (χ0) is 14.5. The van der Waals surface area contributed by atoms with E-state index in [0.717, 1.165) is 12.8 Å². The number of amides is 1. The molecule has 0 aromatic heterocycles. The van der Waals surface area contributed by atoms with Crippen LogP contribution in [0.2, 0.25) is 5.02 Å². The molecule has 5 heteroatoms. The predicted molar refractivity (Wildman–Crippen MR) is 81.0 cm³/mol. The normalized spacial score (nSPS) is 17.5. The second kappa shape index (κ2) is 6.84. The van der Waals surface area contributed by atoms with Crippen LogP contribution in [0.1, 0.15) is 39.0 Å². The average molecular weight is 297 g/mol. The van der Waals surface area contributed by atoms with Gasteiger partial charge in [0.15, 0.2) is 6.10 Å². The Labute approximate surface area is 124 Å². The fourth-order valence-corrected chi connectivity index (χ4v) is 2.58. The summed E-state index contributed by atoms with van der Waals surface area (Å²) in [6.07, 6.45) is 5.15. The van der Waals surface area contributed by atoms with Crippen molar-refractivity contribution in [1.29, 1.82) is 0 Å². The molecule has 1 fully saturated rings. The highest BCUT2D eigenvalue weighted by atomic mass is 35.5. The van der Waals surface area contributed by atoms with Crippen LogP contribution in [-0.4, -0.2) is 18.1 Å². The van der Waals surface area contributed by atoms with Crippen molar-refractivity contribution in [2.24, 2.45) is 0 Å². The van der Waals surface area contributed by atoms with Crippen LogP contribution in [0.25, 0.3) is 0 Å². The van der Waals surface area contributed by atoms with Gasteiger partial charge in [0, 0.05) is 17.1 Å². The number of halogens is 1. The smallest absolute Gasteiger partial charge is 0.260 e. The van der Waals surface area contributed by atoms with E-state index < -0.39 is 6.10 Å². The maximum atomic E-state index is 12.1. The van der Waals surface area contributed by atoms with Crippen LogP contribution in [0, 0.1) is 0 Å². The summed E-state index contributed by atoms with van der Waals surface area (Å²) < 4.78 is 5.61. The molecule has 1 aromatic rings. The SMILES string of the molecule is CC(Oc1cc(Cl)ccc1N)C(=O)NC1CCCCC1. The number of nitrogens with two attached hydrogens (primary N) is 1. The molecule has 1 saturated carbocycles. The largest absolute Gasteiger partial charge is 0.479 e. The number of benzene rings is 1. The summed E-state index contributed by atoms with van der Waals surface area (Å²) in [5.74, 6) is 0.347. The van der Waals surface area contributed by atoms with Gasteiger partial charge in [0.1, 0.15) is 5.75 Å². The summed E-state index contributed by atoms with van der Waals surface area (Å²) in [7, 11) is 0. The zero-order valence-corrected chi connectivity index (χ0v) is 12.5. The van der Waals surface area contributed by atoms with Crippen LogP contribution in [0.3, 0.4) is 0 Å². The lowest BCUT2D eigenvalue weighted by atomic mass is 9.95. The molecular formula is C15H21ClN2O2. The molecule has 4 nitrogen and oxygen atoms in total. The second-order valence-corrected chi connectivity index (χ2v) is 5.72. The third-order valence-corrected chi connectivity index (χ3v) is 3.84. The van der Waals surface area contributed by atoms with Gasteiger partial charge < -0.3 is 15.8 Å². The van der Waals surface area contributed by atoms with Gasteiger partial charge in [-0.1, -0.05) is 30.9 Å². The molecule has 0 saturated heterocycles. The molecule has 1 unspecified atom stereocenters. The molecule has 1 atom stereocenters. The van der Waals surface area contributed by atoms with Gasteiger partial charge in [-0.3, -0.25) is 4.79 Å². The van der Waals surface area contributed by atoms with Crippen molar-refractivity contribution >= 4 is 23.2 Å². The number of carbonyl (C=O) groups is 1. The molecule has 3 N–H and O–H groups in total. The third kappa shape index (κ3) is 4.04. The maximum Gasteiger partial charge on any atom is 0.260 e. The first-order valence-electron chi connectivity index (χ1n) is 7.08. The molecule has 1 amide bonds. The summed E-state index contributed by atoms with van der Waals surface area (Å²) in [6.45, 7) is 1.72. The standard InChI is InChI=1S/C15H21ClN2O2/c1-10(15(19)18-12-5-3-2-4-6-12)20-14-9-11(16)7-8-13(14)17/h7-10,12H,2-6,17H2,1H3,(H,18,19). The number of hydrogen-bond donors (Lipinski definition) is 2. The fourth-order valence-electron chi connectivity index (χ4n) is 2.42. The lowest BCUT2D eigenvalue weighted by molar-refractivity contribution is -0.128. The van der Waals surface area contributed by atoms with E-state index in [1.54, 1.807) is 25.1 Å². The van der Waals surface area contributed by atoms with Crippen LogP contribution < -0.4 is 15.8 Å². The van der Waals surface area contributed by atoms with Crippen molar-refractivity contribution in [2.75, 3.05) is 5.73 Å². The van der Waals surface area contributed by atoms with E-state index in [1.807, 2.05) is 0 Å². The fraction of sp³-hybridized carbons (Fsp3) is 0.533. The van der Waals surface area contributed by atoms with Crippen LogP contribution in [0.5, 0.6) is 5.75 Å². The lowest BCUT2D eigenvalue weighted by Crippen LogP contribution is -2.43. The molecule has 110 valence electrons. The van der Waals surface area contributed by atoms with E-state index in [4.69, 9.17) is 22.1 Å². The van der Waals surface area contributed by atoms with E-state index >= 15 is 0 Å². The van der Waals surface area contributed by atoms with E-state index in [-0.39, 0.29) is 11.9 Å². The molecule has 0 bridgehead atoms. The van der Waals surface area contributed by atoms with Crippen LogP contribution >= 0.6 is 11.6 Å². The van der Waals surface area contributed by atoms with E-state index in [2.05, 4.69) is 5.32 Å². The molecule has 0 aliphatic heterocycles. The molecule has 1 aliphatic rings. The zero-order valence-electron chi connectivity index (χ0n) is 11.7. The minimum Gasteiger partial charge on any atom is -0.479 e. The minimum absolute atomic E-state index is 0.101. The number of rotatable bonds is 4. The lowest BCUT2D eigenvalue weighted by Gasteiger charge is -2.24. The van der Waals surface area contributed by atoms with Gasteiger partial charge >= 0.3 is 0 Å². The number of nitrogen functional groups attached to an aromatic ring is 1. The number of anilines is 1. The summed E-state index contributed by atoms with van der Waals surface area (Å²) in [4.78, 5) is 12.1. The Morgan fingerprint density at radius 1 is 1.40 bits per heavy atom. The summed E-state index contributed by atoms with van der Waals surface area (Å²) in [5, 5.41) is 3.57. The highest BCUT2D eigenvalue weighted by Gasteiger charge is 2.21. The molecule has 0 spiro atoms. The highest BCUT2D eigenvalue weighted by molar-refractivity contribution is 6.30. The van der Waals surface area contributed by atoms with E-state index in [1.165, 1.54) is 19.3 Å². The van der Waals surface area contributed by atoms with Gasteiger partial charge in [-0.05, 0) is 31.9 Å². The molecule has 0 radical (unpaired) electrons. The van der Waals surface area contributed by atoms with Gasteiger partial charge in [-0.25, -0.2) is 0 Å². The molecular weight excluding hydrogens is 276 g/mol. The van der Waals surface area contributed by atoms with E-state index in [9.17, 15) is 4.79 Å². The van der Waals surface area contributed by atoms with Crippen LogP contribution in [0.15, 0.2) is 18.2 Å². The Balaban J connectivity index is 1.91. The van der Waals surface area contributed by atoms with Crippen molar-refractivity contribution in [3.8, 4) is 5.75 Å². The van der Waals surface area contributed by atoms with Crippen molar-refractivity contribution in [3.05, 3.63) is 23.2 Å². The first-order valence-corrected chi connectivity index (χ1v) is 7.46. The first kappa shape index (κ1) is 15.0. The summed E-state index contributed by atoms with van der Waals surface area (Å²) in [6, 6.07) is 5.26. The van der Waals surface area contributed by atoms with Crippen molar-refractivity contribution in [1.82, 2.24) is 5.32 Å². The first-order chi connectivity index (χ1) is 9.56. The van der Waals surface area contributed by atoms with Crippen LogP contribution in [-0.2, 0) is 4.79 Å². The maximum absolute atomic E-state index is 12.1. The Hall–Kier alpha value is -1.42. The van der Waals surface area contributed by atoms with Gasteiger partial charge in [0.25, 0.3) is 5.91 Å². The molecule has 2 rings (SSSR count). The third-order valence-electron chi connectivity index (χ3n) is 3.60. The predicted octanol–water partition coefficient (Wildman–Crippen LogP) is 3.14. The number of nitrogens with one attached hydrogen (secondary N) is 1. The Kier molecular flexibility index (Phi) is 5.12. The summed E-state index contributed by atoms with van der Waals surface area (Å²) in [5.41, 5.74) is 6.29. The van der Waals surface area contributed by atoms with Crippen molar-refractivity contribution in [2.45, 2.75) is 51.2 Å². The van der Waals surface area contributed by atoms with Gasteiger partial charge in [-0.15, -0.1) is 0 Å². The minimum atomic E-state index is -0.585. The number of carbonyl (C=O) groups excluding carboxylic acids is 1. The van der Waals surface area contributed by atoms with E-state index in [0.29, 0.717) is 16.5 Å². The monoisotopic (exact) mass is 296 g/mol. The van der Waals surface area contributed by atoms with Crippen molar-refractivity contribution in [3.63, 3.8) is 0 Å². The van der Waals surface area contributed by atoms with Gasteiger partial charge in [0.05, 0.1) is 5.69 Å². The Bertz CT molecular complexity index is 473. The number of ether oxygens (including phenoxy) is 1. The molecule has 1 aliphatic carbocycles. The Morgan fingerprint density at radius 3 is 2.80 bits per heavy atom. The highest BCUT2D eigenvalue weighted by Crippen LogP contribution is 2.26. The Morgan fingerprint density at radius 2 is 2.10 bits per heavy atom. The molecule has 0 heterocycles. The second-order valence-electron chi connectivity index (χ2n) is 5.29. The molecule has 20 heavy (non-hydrogen) atoms. The topological polar surface area (TPSA) is 64.3 Å². The quantitative estimate of drug-likeness (QED) is 0.839. The average Bonchev–Trinajstić information content (AvgIpc) is 2.44. The molecule has 1 aromatic carbocycles.